The molecule has 0 aromatic carbocycles. The van der Waals surface area contributed by atoms with Crippen LogP contribution >= 0.6 is 0 Å². The summed E-state index contributed by atoms with van der Waals surface area (Å²) in [5.41, 5.74) is 0. The highest BCUT2D eigenvalue weighted by Crippen LogP contribution is 2.14. The lowest BCUT2D eigenvalue weighted by Gasteiger charge is -2.05. The van der Waals surface area contributed by atoms with Crippen molar-refractivity contribution in [3.05, 3.63) is 7.11 Å². The Morgan fingerprint density at radius 3 is 1.30 bits per heavy atom. The van der Waals surface area contributed by atoms with Crippen LogP contribution in [0.2, 0.25) is 0 Å². The lowest BCUT2D eigenvalue weighted by molar-refractivity contribution is 0.233. The molecule has 1 radical (unpaired) electrons. The number of rotatable bonds is 16. The van der Waals surface area contributed by atoms with Gasteiger partial charge in [-0.2, -0.15) is 0 Å². The number of hydrogen-bond acceptors (Lipinski definition) is 1. The van der Waals surface area contributed by atoms with E-state index in [2.05, 4.69) is 21.0 Å². The van der Waals surface area contributed by atoms with E-state index < -0.39 is 0 Å². The first-order chi connectivity index (χ1) is 9.77. The molecular weight excluding hydrogens is 244 g/mol. The second-order valence-electron chi connectivity index (χ2n) is 6.69. The molecule has 0 bridgehead atoms. The molecule has 0 spiro atoms. The van der Waals surface area contributed by atoms with Crippen molar-refractivity contribution >= 4 is 0 Å². The Kier molecular flexibility index (Phi) is 17.0. The summed E-state index contributed by atoms with van der Waals surface area (Å²) < 4.78 is 4.81. The van der Waals surface area contributed by atoms with Gasteiger partial charge in [0.1, 0.15) is 0 Å². The summed E-state index contributed by atoms with van der Waals surface area (Å²) in [7, 11) is 3.39. The van der Waals surface area contributed by atoms with Gasteiger partial charge in [0, 0.05) is 6.61 Å². The van der Waals surface area contributed by atoms with E-state index in [-0.39, 0.29) is 0 Å². The molecular formula is C19H39O. The molecule has 121 valence electrons. The molecule has 1 heteroatoms. The molecule has 0 aliphatic heterocycles. The van der Waals surface area contributed by atoms with Gasteiger partial charge in [-0.1, -0.05) is 97.3 Å². The SMILES string of the molecule is [CH2]OCCCCCCCCCCCCCCCC(C)C. The Labute approximate surface area is 128 Å². The highest BCUT2D eigenvalue weighted by Gasteiger charge is 1.95. The molecule has 0 atom stereocenters. The summed E-state index contributed by atoms with van der Waals surface area (Å²) >= 11 is 0. The van der Waals surface area contributed by atoms with E-state index in [1.54, 1.807) is 0 Å². The van der Waals surface area contributed by atoms with Crippen molar-refractivity contribution in [3.63, 3.8) is 0 Å². The third kappa shape index (κ3) is 18.0. The summed E-state index contributed by atoms with van der Waals surface area (Å²) in [4.78, 5) is 0. The first-order valence-corrected chi connectivity index (χ1v) is 9.14. The van der Waals surface area contributed by atoms with E-state index in [9.17, 15) is 0 Å². The van der Waals surface area contributed by atoms with Crippen molar-refractivity contribution in [3.8, 4) is 0 Å². The van der Waals surface area contributed by atoms with Crippen molar-refractivity contribution in [1.82, 2.24) is 0 Å². The Bertz CT molecular complexity index is 165. The van der Waals surface area contributed by atoms with Gasteiger partial charge in [-0.15, -0.1) is 0 Å². The molecule has 0 N–H and O–H groups in total. The molecule has 0 rings (SSSR count). The average molecular weight is 284 g/mol. The highest BCUT2D eigenvalue weighted by molar-refractivity contribution is 4.50. The van der Waals surface area contributed by atoms with Gasteiger partial charge in [0.2, 0.25) is 0 Å². The molecule has 20 heavy (non-hydrogen) atoms. The minimum absolute atomic E-state index is 0.831. The standard InChI is InChI=1S/C19H39O/c1-19(2)17-15-13-11-9-7-5-4-6-8-10-12-14-16-18-20-3/h19H,3-18H2,1-2H3. The first-order valence-electron chi connectivity index (χ1n) is 9.14. The predicted molar refractivity (Wildman–Crippen MR) is 90.8 cm³/mol. The van der Waals surface area contributed by atoms with Crippen LogP contribution in [0.4, 0.5) is 0 Å². The van der Waals surface area contributed by atoms with Gasteiger partial charge in [0.15, 0.2) is 0 Å². The number of unbranched alkanes of at least 4 members (excludes halogenated alkanes) is 12. The van der Waals surface area contributed by atoms with Crippen LogP contribution in [0.5, 0.6) is 0 Å². The van der Waals surface area contributed by atoms with Crippen molar-refractivity contribution in [1.29, 1.82) is 0 Å². The number of ether oxygens (including phenoxy) is 1. The van der Waals surface area contributed by atoms with Crippen molar-refractivity contribution in [2.75, 3.05) is 6.61 Å². The minimum atomic E-state index is 0.831. The summed E-state index contributed by atoms with van der Waals surface area (Å²) in [5, 5.41) is 0. The van der Waals surface area contributed by atoms with Crippen LogP contribution in [0.15, 0.2) is 0 Å². The fourth-order valence-electron chi connectivity index (χ4n) is 2.70. The van der Waals surface area contributed by atoms with E-state index in [1.165, 1.54) is 89.9 Å². The normalized spacial score (nSPS) is 11.4. The molecule has 0 aliphatic carbocycles. The Morgan fingerprint density at radius 2 is 0.950 bits per heavy atom. The summed E-state index contributed by atoms with van der Waals surface area (Å²) in [6.45, 7) is 5.49. The summed E-state index contributed by atoms with van der Waals surface area (Å²) in [6.07, 6.45) is 19.8. The highest BCUT2D eigenvalue weighted by atomic mass is 16.5. The Balaban J connectivity index is 2.92. The van der Waals surface area contributed by atoms with Gasteiger partial charge in [0.05, 0.1) is 7.11 Å². The molecule has 0 heterocycles. The number of hydrogen-bond donors (Lipinski definition) is 0. The average Bonchev–Trinajstić information content (AvgIpc) is 2.43. The van der Waals surface area contributed by atoms with Crippen molar-refractivity contribution < 1.29 is 4.74 Å². The van der Waals surface area contributed by atoms with Crippen LogP contribution in [-0.4, -0.2) is 6.61 Å². The van der Waals surface area contributed by atoms with Gasteiger partial charge < -0.3 is 4.74 Å². The Morgan fingerprint density at radius 1 is 0.600 bits per heavy atom. The summed E-state index contributed by atoms with van der Waals surface area (Å²) in [5.74, 6) is 0.890. The fourth-order valence-corrected chi connectivity index (χ4v) is 2.70. The van der Waals surface area contributed by atoms with Gasteiger partial charge in [-0.25, -0.2) is 0 Å². The maximum atomic E-state index is 4.81. The van der Waals surface area contributed by atoms with E-state index in [4.69, 9.17) is 4.74 Å². The minimum Gasteiger partial charge on any atom is -0.379 e. The molecule has 0 unspecified atom stereocenters. The third-order valence-corrected chi connectivity index (χ3v) is 4.07. The second kappa shape index (κ2) is 17.0. The van der Waals surface area contributed by atoms with Gasteiger partial charge in [-0.05, 0) is 12.3 Å². The van der Waals surface area contributed by atoms with Crippen LogP contribution in [0.1, 0.15) is 104 Å². The molecule has 0 saturated carbocycles. The van der Waals surface area contributed by atoms with Crippen LogP contribution in [0.25, 0.3) is 0 Å². The lowest BCUT2D eigenvalue weighted by atomic mass is 10.0. The lowest BCUT2D eigenvalue weighted by Crippen LogP contribution is -1.88. The zero-order valence-electron chi connectivity index (χ0n) is 14.3. The van der Waals surface area contributed by atoms with Crippen LogP contribution in [0.3, 0.4) is 0 Å². The van der Waals surface area contributed by atoms with Crippen LogP contribution in [-0.2, 0) is 4.74 Å². The quantitative estimate of drug-likeness (QED) is 0.280. The zero-order valence-corrected chi connectivity index (χ0v) is 14.3. The maximum absolute atomic E-state index is 4.81. The van der Waals surface area contributed by atoms with E-state index in [0.717, 1.165) is 12.5 Å². The Hall–Kier alpha value is -0.0400. The third-order valence-electron chi connectivity index (χ3n) is 4.07. The largest absolute Gasteiger partial charge is 0.379 e. The molecule has 0 aromatic heterocycles. The molecule has 0 fully saturated rings. The molecule has 0 amide bonds. The van der Waals surface area contributed by atoms with E-state index >= 15 is 0 Å². The van der Waals surface area contributed by atoms with Crippen molar-refractivity contribution in [2.24, 2.45) is 5.92 Å². The monoisotopic (exact) mass is 283 g/mol. The van der Waals surface area contributed by atoms with Gasteiger partial charge in [-0.3, -0.25) is 0 Å². The van der Waals surface area contributed by atoms with E-state index in [1.807, 2.05) is 0 Å². The molecule has 0 saturated heterocycles. The maximum Gasteiger partial charge on any atom is 0.0700 e. The topological polar surface area (TPSA) is 9.23 Å². The van der Waals surface area contributed by atoms with Gasteiger partial charge >= 0.3 is 0 Å². The van der Waals surface area contributed by atoms with E-state index in [0.29, 0.717) is 0 Å². The summed E-state index contributed by atoms with van der Waals surface area (Å²) in [6, 6.07) is 0. The fraction of sp³-hybridized carbons (Fsp3) is 0.947. The zero-order chi connectivity index (χ0) is 14.9. The molecule has 0 aliphatic rings. The van der Waals surface area contributed by atoms with Crippen LogP contribution < -0.4 is 0 Å². The second-order valence-corrected chi connectivity index (χ2v) is 6.69. The predicted octanol–water partition coefficient (Wildman–Crippen LogP) is 6.91. The smallest absolute Gasteiger partial charge is 0.0700 e. The molecule has 1 nitrogen and oxygen atoms in total. The van der Waals surface area contributed by atoms with Crippen LogP contribution in [0, 0.1) is 13.0 Å². The first kappa shape index (κ1) is 20.0. The van der Waals surface area contributed by atoms with Gasteiger partial charge in [0.25, 0.3) is 0 Å². The molecule has 0 aromatic rings. The van der Waals surface area contributed by atoms with Crippen molar-refractivity contribution in [2.45, 2.75) is 104 Å².